The Kier molecular flexibility index (Phi) is 9.52. The summed E-state index contributed by atoms with van der Waals surface area (Å²) in [6, 6.07) is 0. The summed E-state index contributed by atoms with van der Waals surface area (Å²) in [6.45, 7) is 10.4. The van der Waals surface area contributed by atoms with Gasteiger partial charge in [0.05, 0.1) is 18.8 Å². The molecule has 4 rings (SSSR count). The normalized spacial score (nSPS) is 40.9. The predicted molar refractivity (Wildman–Crippen MR) is 151 cm³/mol. The van der Waals surface area contributed by atoms with Gasteiger partial charge in [-0.3, -0.25) is 4.79 Å². The van der Waals surface area contributed by atoms with Crippen molar-refractivity contribution in [3.63, 3.8) is 0 Å². The van der Waals surface area contributed by atoms with Gasteiger partial charge in [-0.05, 0) is 87.4 Å². The summed E-state index contributed by atoms with van der Waals surface area (Å²) in [7, 11) is 0. The third kappa shape index (κ3) is 5.41. The molecule has 5 heteroatoms. The summed E-state index contributed by atoms with van der Waals surface area (Å²) in [5, 5.41) is 33.8. The van der Waals surface area contributed by atoms with Crippen LogP contribution >= 0.6 is 0 Å². The molecule has 216 valence electrons. The van der Waals surface area contributed by atoms with Gasteiger partial charge in [-0.15, -0.1) is 6.58 Å². The molecule has 0 unspecified atom stereocenters. The van der Waals surface area contributed by atoms with Crippen molar-refractivity contribution in [1.82, 2.24) is 0 Å². The van der Waals surface area contributed by atoms with Crippen molar-refractivity contribution in [2.45, 2.75) is 135 Å². The predicted octanol–water partition coefficient (Wildman–Crippen LogP) is 6.50. The van der Waals surface area contributed by atoms with Gasteiger partial charge in [-0.1, -0.05) is 64.2 Å². The van der Waals surface area contributed by atoms with Crippen LogP contribution in [0.15, 0.2) is 24.3 Å². The minimum absolute atomic E-state index is 0.127. The first-order valence-electron chi connectivity index (χ1n) is 15.6. The molecular weight excluding hydrogens is 476 g/mol. The molecule has 4 aliphatic carbocycles. The molecule has 0 spiro atoms. The van der Waals surface area contributed by atoms with Gasteiger partial charge in [0, 0.05) is 17.8 Å². The summed E-state index contributed by atoms with van der Waals surface area (Å²) in [6.07, 6.45) is 17.7. The van der Waals surface area contributed by atoms with Crippen molar-refractivity contribution >= 4 is 5.97 Å². The van der Waals surface area contributed by atoms with Crippen molar-refractivity contribution in [3.05, 3.63) is 24.3 Å². The zero-order valence-corrected chi connectivity index (χ0v) is 24.3. The van der Waals surface area contributed by atoms with E-state index in [2.05, 4.69) is 26.5 Å². The van der Waals surface area contributed by atoms with Crippen LogP contribution in [0.1, 0.15) is 117 Å². The third-order valence-corrected chi connectivity index (χ3v) is 11.7. The van der Waals surface area contributed by atoms with Gasteiger partial charge in [-0.25, -0.2) is 0 Å². The molecule has 0 amide bonds. The van der Waals surface area contributed by atoms with Gasteiger partial charge in [0.2, 0.25) is 0 Å². The van der Waals surface area contributed by atoms with E-state index in [1.54, 1.807) is 0 Å². The zero-order valence-electron chi connectivity index (χ0n) is 24.3. The Balaban J connectivity index is 1.32. The second-order valence-corrected chi connectivity index (χ2v) is 13.7. The van der Waals surface area contributed by atoms with Gasteiger partial charge in [0.15, 0.2) is 0 Å². The van der Waals surface area contributed by atoms with Crippen molar-refractivity contribution < 1.29 is 24.9 Å². The number of carbonyl (C=O) groups excluding carboxylic acids is 1. The average molecular weight is 531 g/mol. The number of fused-ring (bicyclic) bond motifs is 5. The monoisotopic (exact) mass is 530 g/mol. The smallest absolute Gasteiger partial charge is 0.305 e. The van der Waals surface area contributed by atoms with Crippen LogP contribution in [0.4, 0.5) is 0 Å². The number of aliphatic hydroxyl groups excluding tert-OH is 2. The number of allylic oxidation sites excluding steroid dienone is 2. The molecule has 0 aromatic carbocycles. The highest BCUT2D eigenvalue weighted by molar-refractivity contribution is 5.69. The largest absolute Gasteiger partial charge is 0.465 e. The molecule has 38 heavy (non-hydrogen) atoms. The van der Waals surface area contributed by atoms with E-state index in [0.717, 1.165) is 64.2 Å². The number of rotatable bonds is 12. The molecule has 3 N–H and O–H groups in total. The molecule has 0 bridgehead atoms. The molecule has 3 fully saturated rings. The maximum atomic E-state index is 12.5. The van der Waals surface area contributed by atoms with E-state index in [1.807, 2.05) is 13.0 Å². The number of unbranched alkanes of at least 4 members (excludes halogenated alkanes) is 6. The minimum Gasteiger partial charge on any atom is -0.465 e. The topological polar surface area (TPSA) is 87.0 Å². The Labute approximate surface area is 231 Å². The lowest BCUT2D eigenvalue weighted by atomic mass is 9.46. The molecule has 0 radical (unpaired) electrons. The standard InChI is InChI=1S/C33H54O5/c1-5-6-7-8-9-10-11-12-13-30(36)38-22-23(2)33(37)29(35)21-28-26-15-14-24-20-25(34)16-18-31(24,3)27(26)17-19-32(28,33)4/h5,14,23,25-29,34-35,37H,1,6-13,15-22H2,2-4H3/t23-,25+,26-,27+,28+,29+,31+,32+,33-/m1/s1. The van der Waals surface area contributed by atoms with Crippen LogP contribution in [0.3, 0.4) is 0 Å². The van der Waals surface area contributed by atoms with Crippen LogP contribution in [0, 0.1) is 34.5 Å². The highest BCUT2D eigenvalue weighted by atomic mass is 16.5. The van der Waals surface area contributed by atoms with E-state index in [4.69, 9.17) is 4.74 Å². The molecule has 3 saturated carbocycles. The van der Waals surface area contributed by atoms with Crippen molar-refractivity contribution in [2.24, 2.45) is 34.5 Å². The highest BCUT2D eigenvalue weighted by Gasteiger charge is 2.68. The Morgan fingerprint density at radius 2 is 1.82 bits per heavy atom. The molecule has 0 aliphatic heterocycles. The van der Waals surface area contributed by atoms with Crippen molar-refractivity contribution in [3.8, 4) is 0 Å². The molecule has 0 saturated heterocycles. The number of carbonyl (C=O) groups is 1. The number of hydrogen-bond acceptors (Lipinski definition) is 5. The molecule has 9 atom stereocenters. The van der Waals surface area contributed by atoms with Crippen molar-refractivity contribution in [1.29, 1.82) is 0 Å². The van der Waals surface area contributed by atoms with Crippen LogP contribution in [0.25, 0.3) is 0 Å². The number of esters is 1. The quantitative estimate of drug-likeness (QED) is 0.152. The van der Waals surface area contributed by atoms with Crippen LogP contribution in [-0.4, -0.2) is 45.7 Å². The van der Waals surface area contributed by atoms with Gasteiger partial charge in [-0.2, -0.15) is 0 Å². The fourth-order valence-electron chi connectivity index (χ4n) is 9.27. The molecule has 0 aromatic heterocycles. The summed E-state index contributed by atoms with van der Waals surface area (Å²) in [5.41, 5.74) is -0.104. The molecule has 0 heterocycles. The summed E-state index contributed by atoms with van der Waals surface area (Å²) in [5.74, 6) is 0.702. The SMILES string of the molecule is C=CCCCCCCCCC(=O)OC[C@@H](C)[C@@]1(O)[C@@H](O)C[C@H]2[C@@H]3CC=C4C[C@@H](O)CC[C@]4(C)[C@H]3CC[C@@]21C. The van der Waals surface area contributed by atoms with Crippen LogP contribution in [0.5, 0.6) is 0 Å². The Morgan fingerprint density at radius 1 is 1.11 bits per heavy atom. The second kappa shape index (κ2) is 12.1. The lowest BCUT2D eigenvalue weighted by Gasteiger charge is -2.59. The number of hydrogen-bond donors (Lipinski definition) is 3. The van der Waals surface area contributed by atoms with E-state index < -0.39 is 17.1 Å². The van der Waals surface area contributed by atoms with Gasteiger partial charge < -0.3 is 20.1 Å². The summed E-state index contributed by atoms with van der Waals surface area (Å²) >= 11 is 0. The Bertz CT molecular complexity index is 867. The van der Waals surface area contributed by atoms with E-state index >= 15 is 0 Å². The van der Waals surface area contributed by atoms with Crippen molar-refractivity contribution in [2.75, 3.05) is 6.61 Å². The first kappa shape index (κ1) is 29.8. The maximum Gasteiger partial charge on any atom is 0.305 e. The molecule has 0 aromatic rings. The number of aliphatic hydroxyl groups is 3. The first-order chi connectivity index (χ1) is 18.1. The summed E-state index contributed by atoms with van der Waals surface area (Å²) in [4.78, 5) is 12.5. The minimum atomic E-state index is -1.26. The third-order valence-electron chi connectivity index (χ3n) is 11.7. The summed E-state index contributed by atoms with van der Waals surface area (Å²) < 4.78 is 5.66. The van der Waals surface area contributed by atoms with E-state index in [9.17, 15) is 20.1 Å². The van der Waals surface area contributed by atoms with Gasteiger partial charge in [0.25, 0.3) is 0 Å². The lowest BCUT2D eigenvalue weighted by Crippen LogP contribution is -2.60. The van der Waals surface area contributed by atoms with E-state index in [1.165, 1.54) is 24.8 Å². The van der Waals surface area contributed by atoms with E-state index in [0.29, 0.717) is 24.7 Å². The van der Waals surface area contributed by atoms with Gasteiger partial charge in [0.1, 0.15) is 5.60 Å². The first-order valence-corrected chi connectivity index (χ1v) is 15.6. The fourth-order valence-corrected chi connectivity index (χ4v) is 9.27. The molecule has 4 aliphatic rings. The van der Waals surface area contributed by atoms with Crippen LogP contribution in [-0.2, 0) is 9.53 Å². The van der Waals surface area contributed by atoms with Crippen LogP contribution < -0.4 is 0 Å². The second-order valence-electron chi connectivity index (χ2n) is 13.7. The van der Waals surface area contributed by atoms with E-state index in [-0.39, 0.29) is 35.9 Å². The maximum absolute atomic E-state index is 12.5. The average Bonchev–Trinajstić information content (AvgIpc) is 3.10. The Hall–Kier alpha value is -1.17. The number of ether oxygens (including phenoxy) is 1. The zero-order chi connectivity index (χ0) is 27.6. The Morgan fingerprint density at radius 3 is 2.55 bits per heavy atom. The molecule has 5 nitrogen and oxygen atoms in total. The lowest BCUT2D eigenvalue weighted by molar-refractivity contribution is -0.191. The van der Waals surface area contributed by atoms with Gasteiger partial charge >= 0.3 is 5.97 Å². The molecular formula is C33H54O5. The van der Waals surface area contributed by atoms with Crippen LogP contribution in [0.2, 0.25) is 0 Å². The highest BCUT2D eigenvalue weighted by Crippen LogP contribution is 2.68. The fraction of sp³-hybridized carbons (Fsp3) is 0.848.